The zero-order chi connectivity index (χ0) is 43.9. The molecule has 1 aromatic carbocycles. The van der Waals surface area contributed by atoms with Gasteiger partial charge in [-0.1, -0.05) is 37.6 Å². The number of nitrogens with one attached hydrogen (secondary N) is 2. The first-order valence-electron chi connectivity index (χ1n) is 20.0. The van der Waals surface area contributed by atoms with E-state index in [0.717, 1.165) is 4.90 Å². The Morgan fingerprint density at radius 2 is 1.83 bits per heavy atom. The number of aryl methyl sites for hydroxylation is 1. The number of imidazole rings is 1. The summed E-state index contributed by atoms with van der Waals surface area (Å²) in [4.78, 5) is 66.9. The maximum atomic E-state index is 15.1. The first-order chi connectivity index (χ1) is 27.9. The van der Waals surface area contributed by atoms with E-state index in [1.807, 2.05) is 6.92 Å². The minimum absolute atomic E-state index is 0.0378. The molecule has 4 heterocycles. The fourth-order valence-electron chi connectivity index (χ4n) is 8.61. The number of aromatic nitrogens is 3. The number of nitrogens with zero attached hydrogens (tertiary/aromatic N) is 5. The summed E-state index contributed by atoms with van der Waals surface area (Å²) in [6.45, 7) is 7.63. The van der Waals surface area contributed by atoms with Gasteiger partial charge in [-0.25, -0.2) is 18.2 Å². The number of carbonyl (C=O) groups excluding carboxylic acids is 3. The van der Waals surface area contributed by atoms with E-state index >= 15 is 4.79 Å². The fraction of sp³-hybridized carbons (Fsp3) is 0.600. The molecule has 4 amide bonds. The van der Waals surface area contributed by atoms with Crippen LogP contribution in [0.1, 0.15) is 85.3 Å². The molecule has 3 aromatic rings. The van der Waals surface area contributed by atoms with Crippen LogP contribution in [0.4, 0.5) is 18.0 Å². The van der Waals surface area contributed by atoms with Gasteiger partial charge in [0.05, 0.1) is 27.9 Å². The number of alkyl halides is 3. The Labute approximate surface area is 350 Å². The summed E-state index contributed by atoms with van der Waals surface area (Å²) in [6.07, 6.45) is -1.27. The molecular weight excluding hydrogens is 831 g/mol. The van der Waals surface area contributed by atoms with Crippen molar-refractivity contribution in [1.82, 2.24) is 34.2 Å². The Morgan fingerprint density at radius 1 is 1.13 bits per heavy atom. The second-order valence-corrected chi connectivity index (χ2v) is 20.4. The van der Waals surface area contributed by atoms with Crippen LogP contribution in [0, 0.1) is 24.7 Å². The number of sulfonamides is 1. The van der Waals surface area contributed by atoms with E-state index < -0.39 is 92.4 Å². The number of allylic oxidation sites excluding steroid dienone is 1. The number of carboxylic acid groups (broad SMARTS) is 1. The van der Waals surface area contributed by atoms with Crippen LogP contribution in [0.25, 0.3) is 16.7 Å². The van der Waals surface area contributed by atoms with Crippen LogP contribution < -0.4 is 14.8 Å². The van der Waals surface area contributed by atoms with E-state index in [0.29, 0.717) is 61.2 Å². The van der Waals surface area contributed by atoms with Gasteiger partial charge in [0, 0.05) is 23.6 Å². The zero-order valence-electron chi connectivity index (χ0n) is 34.0. The van der Waals surface area contributed by atoms with Crippen molar-refractivity contribution in [1.29, 1.82) is 0 Å². The molecule has 0 radical (unpaired) electrons. The number of fused-ring (bicyclic) bond motifs is 5. The van der Waals surface area contributed by atoms with E-state index in [4.69, 9.17) is 16.3 Å². The first kappa shape index (κ1) is 43.4. The number of ether oxygens (including phenoxy) is 1. The summed E-state index contributed by atoms with van der Waals surface area (Å²) < 4.78 is 80.0. The quantitative estimate of drug-likeness (QED) is 0.246. The minimum Gasteiger partial charge on any atom is -0.472 e. The number of rotatable bonds is 7. The smallest absolute Gasteiger partial charge is 0.411 e. The summed E-state index contributed by atoms with van der Waals surface area (Å²) in [6, 6.07) is 1.58. The molecule has 20 heteroatoms. The summed E-state index contributed by atoms with van der Waals surface area (Å²) in [7, 11) is -4.14. The predicted molar refractivity (Wildman–Crippen MR) is 214 cm³/mol. The standard InChI is InChI=1S/C40H49ClF3N7O8S/c1-21-9-7-8-10-24-18-39(24,34(54)48-60(57,58)38(6)13-14-38)47-31(52)29-17-26(59-32-27-16-25(41)11-12-28(27)50-19-23(3)45-35(50)46-32)20-49(29)33(53)30(22(2)15-21)51(36(55)56)37(4,5)40(42,43)44/h8,10-12,16,19,21-22,24,26,29-30H,7,9,13-15,17-18,20H2,1-6H3,(H,47,52)(H,48,54)(H,55,56)/t21-,22+,24+,26+,29-,30-,39+/m0/s1. The summed E-state index contributed by atoms with van der Waals surface area (Å²) >= 11 is 6.40. The lowest BCUT2D eigenvalue weighted by Gasteiger charge is -2.45. The lowest BCUT2D eigenvalue weighted by atomic mass is 9.85. The van der Waals surface area contributed by atoms with Gasteiger partial charge in [0.25, 0.3) is 5.91 Å². The summed E-state index contributed by atoms with van der Waals surface area (Å²) in [5.41, 5.74) is -3.52. The molecule has 60 heavy (non-hydrogen) atoms. The molecule has 1 saturated heterocycles. The SMILES string of the molecule is Cc1cn2c(n1)nc(O[C@@H]1C[C@H]3C(=O)N[C@]4(C(=O)NS(=O)(=O)C5(C)CC5)C[C@H]4C=CCC[C@H](C)C[C@@H](C)[C@H](N(C(=O)O)C(C)(C)C(F)(F)F)C(=O)N3C1)c1cc(Cl)ccc12. The lowest BCUT2D eigenvalue weighted by Crippen LogP contribution is -2.66. The lowest BCUT2D eigenvalue weighted by molar-refractivity contribution is -0.222. The highest BCUT2D eigenvalue weighted by Crippen LogP contribution is 2.48. The summed E-state index contributed by atoms with van der Waals surface area (Å²) in [5, 5.41) is 14.0. The molecule has 15 nitrogen and oxygen atoms in total. The molecule has 2 aliphatic carbocycles. The van der Waals surface area contributed by atoms with Gasteiger partial charge in [-0.05, 0) is 96.3 Å². The van der Waals surface area contributed by atoms with Gasteiger partial charge in [0.2, 0.25) is 33.5 Å². The number of amides is 4. The Kier molecular flexibility index (Phi) is 10.9. The highest BCUT2D eigenvalue weighted by molar-refractivity contribution is 7.91. The predicted octanol–water partition coefficient (Wildman–Crippen LogP) is 5.77. The number of hydrogen-bond donors (Lipinski definition) is 3. The topological polar surface area (TPSA) is 193 Å². The van der Waals surface area contributed by atoms with Gasteiger partial charge < -0.3 is 20.1 Å². The average Bonchev–Trinajstić information content (AvgIpc) is 3.96. The minimum atomic E-state index is -5.11. The maximum Gasteiger partial charge on any atom is 0.411 e. The molecule has 0 spiro atoms. The first-order valence-corrected chi connectivity index (χ1v) is 21.8. The molecule has 0 unspecified atom stereocenters. The average molecular weight is 880 g/mol. The highest BCUT2D eigenvalue weighted by atomic mass is 35.5. The van der Waals surface area contributed by atoms with Crippen LogP contribution in [-0.2, 0) is 24.4 Å². The largest absolute Gasteiger partial charge is 0.472 e. The van der Waals surface area contributed by atoms with E-state index in [1.165, 1.54) is 13.8 Å². The molecule has 7 atom stereocenters. The number of benzene rings is 1. The molecule has 2 aromatic heterocycles. The molecule has 4 aliphatic rings. The van der Waals surface area contributed by atoms with E-state index in [-0.39, 0.29) is 41.7 Å². The maximum absolute atomic E-state index is 15.1. The van der Waals surface area contributed by atoms with Crippen molar-refractivity contribution >= 4 is 62.1 Å². The third-order valence-electron chi connectivity index (χ3n) is 12.7. The van der Waals surface area contributed by atoms with Crippen molar-refractivity contribution in [3.05, 3.63) is 47.3 Å². The van der Waals surface area contributed by atoms with E-state index in [1.54, 1.807) is 47.9 Å². The second kappa shape index (κ2) is 15.1. The van der Waals surface area contributed by atoms with Crippen molar-refractivity contribution in [2.24, 2.45) is 17.8 Å². The van der Waals surface area contributed by atoms with Gasteiger partial charge in [-0.15, -0.1) is 0 Å². The molecule has 2 aliphatic heterocycles. The van der Waals surface area contributed by atoms with Crippen LogP contribution in [-0.4, -0.2) is 108 Å². The zero-order valence-corrected chi connectivity index (χ0v) is 35.6. The van der Waals surface area contributed by atoms with Crippen molar-refractivity contribution in [2.75, 3.05) is 6.54 Å². The van der Waals surface area contributed by atoms with Gasteiger partial charge >= 0.3 is 12.3 Å². The van der Waals surface area contributed by atoms with Crippen LogP contribution in [0.15, 0.2) is 36.5 Å². The van der Waals surface area contributed by atoms with Crippen molar-refractivity contribution in [3.8, 4) is 5.88 Å². The van der Waals surface area contributed by atoms with Gasteiger partial charge in [-0.2, -0.15) is 18.2 Å². The molecule has 326 valence electrons. The van der Waals surface area contributed by atoms with Crippen molar-refractivity contribution in [3.63, 3.8) is 0 Å². The highest BCUT2D eigenvalue weighted by Gasteiger charge is 2.64. The molecule has 3 fully saturated rings. The van der Waals surface area contributed by atoms with Gasteiger partial charge in [-0.3, -0.25) is 28.4 Å². The third-order valence-corrected chi connectivity index (χ3v) is 15.1. The van der Waals surface area contributed by atoms with Crippen LogP contribution in [0.2, 0.25) is 5.02 Å². The van der Waals surface area contributed by atoms with E-state index in [2.05, 4.69) is 20.0 Å². The Bertz CT molecular complexity index is 2400. The molecule has 0 bridgehead atoms. The van der Waals surface area contributed by atoms with Crippen LogP contribution >= 0.6 is 11.6 Å². The van der Waals surface area contributed by atoms with Gasteiger partial charge in [0.15, 0.2) is 0 Å². The van der Waals surface area contributed by atoms with Crippen LogP contribution in [0.3, 0.4) is 0 Å². The molecule has 2 saturated carbocycles. The monoisotopic (exact) mass is 879 g/mol. The van der Waals surface area contributed by atoms with Crippen molar-refractivity contribution in [2.45, 2.75) is 127 Å². The number of hydrogen-bond acceptors (Lipinski definition) is 9. The Hall–Kier alpha value is -4.65. The fourth-order valence-corrected chi connectivity index (χ4v) is 10.1. The molecule has 3 N–H and O–H groups in total. The number of halogens is 4. The van der Waals surface area contributed by atoms with E-state index in [9.17, 15) is 41.1 Å². The normalized spacial score (nSPS) is 28.6. The van der Waals surface area contributed by atoms with Crippen molar-refractivity contribution < 1.29 is 50.6 Å². The van der Waals surface area contributed by atoms with Gasteiger partial charge in [0.1, 0.15) is 29.3 Å². The van der Waals surface area contributed by atoms with Crippen LogP contribution in [0.5, 0.6) is 5.88 Å². The summed E-state index contributed by atoms with van der Waals surface area (Å²) in [5.74, 6) is -4.40. The number of carbonyl (C=O) groups is 4. The molecular formula is C40H49ClF3N7O8S. The second-order valence-electron chi connectivity index (χ2n) is 17.7. The molecule has 7 rings (SSSR count). The Balaban J connectivity index is 1.32. The third kappa shape index (κ3) is 7.75. The Morgan fingerprint density at radius 3 is 2.48 bits per heavy atom.